The van der Waals surface area contributed by atoms with Crippen molar-refractivity contribution in [1.29, 1.82) is 0 Å². The van der Waals surface area contributed by atoms with Crippen LogP contribution in [0.4, 0.5) is 5.69 Å². The van der Waals surface area contributed by atoms with E-state index < -0.39 is 17.6 Å². The fourth-order valence-electron chi connectivity index (χ4n) is 6.99. The third-order valence-corrected chi connectivity index (χ3v) is 7.84. The van der Waals surface area contributed by atoms with Crippen molar-refractivity contribution in [1.82, 2.24) is 5.06 Å². The number of nitrogens with zero attached hydrogens (tertiary/aromatic N) is 2. The smallest absolute Gasteiger partial charge is 0.310 e. The zero-order valence-electron chi connectivity index (χ0n) is 17.3. The van der Waals surface area contributed by atoms with Gasteiger partial charge in [-0.1, -0.05) is 11.6 Å². The van der Waals surface area contributed by atoms with Crippen molar-refractivity contribution < 1.29 is 28.9 Å². The van der Waals surface area contributed by atoms with Crippen LogP contribution < -0.4 is 9.47 Å². The van der Waals surface area contributed by atoms with Gasteiger partial charge in [0.05, 0.1) is 56.1 Å². The molecule has 5 fully saturated rings. The molecule has 8 nitrogen and oxygen atoms in total. The van der Waals surface area contributed by atoms with Crippen LogP contribution in [0.5, 0.6) is 11.5 Å². The molecule has 2 saturated carbocycles. The SMILES string of the molecule is C/C=C1\[C@@H]2[C@H]3[C@H](O)ON2[C@H]2C[C@@H]1[C@@H](C(=O)OC)[C@]31C2=Nc2cc(OC)c(OC)cc21. The van der Waals surface area contributed by atoms with Gasteiger partial charge in [0.1, 0.15) is 0 Å². The van der Waals surface area contributed by atoms with Crippen LogP contribution in [0, 0.1) is 17.8 Å². The van der Waals surface area contributed by atoms with Gasteiger partial charge in [0, 0.05) is 12.0 Å². The van der Waals surface area contributed by atoms with Gasteiger partial charge in [-0.3, -0.25) is 14.6 Å². The molecule has 1 aromatic rings. The van der Waals surface area contributed by atoms with Crippen molar-refractivity contribution >= 4 is 17.4 Å². The number of ether oxygens (including phenoxy) is 3. The Balaban J connectivity index is 1.69. The lowest BCUT2D eigenvalue weighted by Gasteiger charge is -2.63. The Morgan fingerprint density at radius 1 is 1.30 bits per heavy atom. The van der Waals surface area contributed by atoms with Crippen molar-refractivity contribution in [3.8, 4) is 11.5 Å². The van der Waals surface area contributed by atoms with Crippen LogP contribution in [-0.4, -0.2) is 61.6 Å². The molecule has 1 unspecified atom stereocenters. The van der Waals surface area contributed by atoms with Crippen LogP contribution in [0.1, 0.15) is 18.9 Å². The van der Waals surface area contributed by atoms with Crippen molar-refractivity contribution in [3.63, 3.8) is 0 Å². The first-order valence-corrected chi connectivity index (χ1v) is 10.3. The number of methoxy groups -OCH3 is 3. The van der Waals surface area contributed by atoms with Gasteiger partial charge in [-0.05, 0) is 30.9 Å². The lowest BCUT2D eigenvalue weighted by atomic mass is 9.42. The van der Waals surface area contributed by atoms with E-state index in [1.54, 1.807) is 14.2 Å². The van der Waals surface area contributed by atoms with Gasteiger partial charge in [0.15, 0.2) is 17.8 Å². The quantitative estimate of drug-likeness (QED) is 0.597. The number of hydrogen-bond donors (Lipinski definition) is 1. The minimum Gasteiger partial charge on any atom is -0.493 e. The molecule has 2 aliphatic carbocycles. The highest BCUT2D eigenvalue weighted by Crippen LogP contribution is 2.70. The van der Waals surface area contributed by atoms with Crippen molar-refractivity contribution in [3.05, 3.63) is 29.3 Å². The van der Waals surface area contributed by atoms with Crippen LogP contribution in [-0.2, 0) is 19.8 Å². The van der Waals surface area contributed by atoms with E-state index in [1.807, 2.05) is 24.1 Å². The molecule has 0 aromatic heterocycles. The molecular formula is C22H24N2O6. The first kappa shape index (κ1) is 18.4. The number of esters is 1. The van der Waals surface area contributed by atoms with E-state index in [-0.39, 0.29) is 29.9 Å². The number of hydroxylamine groups is 2. The van der Waals surface area contributed by atoms with E-state index in [2.05, 4.69) is 6.08 Å². The van der Waals surface area contributed by atoms with E-state index in [0.29, 0.717) is 17.9 Å². The Hall–Kier alpha value is -2.42. The molecule has 1 N–H and O–H groups in total. The topological polar surface area (TPSA) is 89.8 Å². The lowest BCUT2D eigenvalue weighted by Crippen LogP contribution is -2.75. The lowest BCUT2D eigenvalue weighted by molar-refractivity contribution is -0.234. The van der Waals surface area contributed by atoms with E-state index in [9.17, 15) is 9.90 Å². The van der Waals surface area contributed by atoms with Gasteiger partial charge >= 0.3 is 5.97 Å². The number of piperidine rings is 2. The van der Waals surface area contributed by atoms with E-state index in [0.717, 1.165) is 22.5 Å². The summed E-state index contributed by atoms with van der Waals surface area (Å²) < 4.78 is 16.4. The third kappa shape index (κ3) is 1.76. The molecule has 8 heteroatoms. The highest BCUT2D eigenvalue weighted by atomic mass is 16.8. The second kappa shape index (κ2) is 5.84. The summed E-state index contributed by atoms with van der Waals surface area (Å²) in [6, 6.07) is 3.59. The predicted octanol–water partition coefficient (Wildman–Crippen LogP) is 1.73. The standard InChI is InChI=1S/C22H24N2O6/c1-5-9-10-6-13-19-22(16(10)20(25)29-4,17-18(9)24(13)30-21(17)26)11-7-14(27-2)15(28-3)8-12(11)23-19/h5,7-8,10,13,16-18,21,26H,6H2,1-4H3/b9-5-/t10-,13-,16-,17-,18+,21+,22-/m0/s1. The average molecular weight is 412 g/mol. The maximum Gasteiger partial charge on any atom is 0.310 e. The molecule has 158 valence electrons. The molecule has 7 rings (SSSR count). The summed E-state index contributed by atoms with van der Waals surface area (Å²) in [5.74, 6) is 0.0439. The predicted molar refractivity (Wildman–Crippen MR) is 106 cm³/mol. The molecule has 6 bridgehead atoms. The summed E-state index contributed by atoms with van der Waals surface area (Å²) in [5, 5.41) is 13.0. The molecule has 1 spiro atoms. The first-order valence-electron chi connectivity index (χ1n) is 10.3. The minimum atomic E-state index is -1.04. The number of aliphatic imine (C=N–C) groups is 1. The van der Waals surface area contributed by atoms with E-state index in [4.69, 9.17) is 24.0 Å². The molecule has 0 radical (unpaired) electrons. The van der Waals surface area contributed by atoms with Crippen LogP contribution in [0.3, 0.4) is 0 Å². The summed E-state index contributed by atoms with van der Waals surface area (Å²) in [6.45, 7) is 1.99. The molecule has 3 saturated heterocycles. The zero-order valence-corrected chi connectivity index (χ0v) is 17.3. The van der Waals surface area contributed by atoms with Crippen LogP contribution in [0.2, 0.25) is 0 Å². The number of hydrogen-bond acceptors (Lipinski definition) is 8. The Morgan fingerprint density at radius 2 is 2.03 bits per heavy atom. The second-order valence-corrected chi connectivity index (χ2v) is 8.56. The van der Waals surface area contributed by atoms with Gasteiger partial charge in [0.2, 0.25) is 0 Å². The van der Waals surface area contributed by atoms with Gasteiger partial charge in [-0.2, -0.15) is 5.06 Å². The second-order valence-electron chi connectivity index (χ2n) is 8.56. The normalized spacial score (nSPS) is 42.8. The minimum absolute atomic E-state index is 0.0110. The number of benzene rings is 1. The van der Waals surface area contributed by atoms with Gasteiger partial charge in [-0.15, -0.1) is 0 Å². The van der Waals surface area contributed by atoms with Crippen molar-refractivity contribution in [2.24, 2.45) is 22.7 Å². The Morgan fingerprint density at radius 3 is 2.70 bits per heavy atom. The monoisotopic (exact) mass is 412 g/mol. The van der Waals surface area contributed by atoms with E-state index in [1.165, 1.54) is 7.11 Å². The number of rotatable bonds is 3. The number of aliphatic hydroxyl groups excluding tert-OH is 1. The summed E-state index contributed by atoms with van der Waals surface area (Å²) in [5.41, 5.74) is 2.87. The molecule has 0 amide bonds. The van der Waals surface area contributed by atoms with Crippen molar-refractivity contribution in [2.45, 2.75) is 37.1 Å². The van der Waals surface area contributed by atoms with Gasteiger partial charge in [0.25, 0.3) is 0 Å². The molecule has 4 heterocycles. The highest BCUT2D eigenvalue weighted by molar-refractivity contribution is 6.11. The summed E-state index contributed by atoms with van der Waals surface area (Å²) >= 11 is 0. The molecular weight excluding hydrogens is 388 g/mol. The zero-order chi connectivity index (χ0) is 20.9. The fraction of sp³-hybridized carbons (Fsp3) is 0.545. The largest absolute Gasteiger partial charge is 0.493 e. The van der Waals surface area contributed by atoms with Gasteiger partial charge in [-0.25, -0.2) is 0 Å². The molecule has 4 aliphatic heterocycles. The molecule has 30 heavy (non-hydrogen) atoms. The number of aliphatic hydroxyl groups is 1. The fourth-order valence-corrected chi connectivity index (χ4v) is 6.99. The van der Waals surface area contributed by atoms with E-state index >= 15 is 0 Å². The van der Waals surface area contributed by atoms with Crippen LogP contribution >= 0.6 is 0 Å². The van der Waals surface area contributed by atoms with Crippen LogP contribution in [0.25, 0.3) is 0 Å². The maximum atomic E-state index is 13.3. The Labute approximate surface area is 174 Å². The Bertz CT molecular complexity index is 1030. The molecule has 8 atom stereocenters. The third-order valence-electron chi connectivity index (χ3n) is 7.84. The Kier molecular flexibility index (Phi) is 3.57. The number of allylic oxidation sites excluding steroid dienone is 1. The first-order chi connectivity index (χ1) is 14.5. The van der Waals surface area contributed by atoms with Crippen molar-refractivity contribution in [2.75, 3.05) is 21.3 Å². The number of fused-ring (bicyclic) bond motifs is 1. The summed E-state index contributed by atoms with van der Waals surface area (Å²) in [4.78, 5) is 24.2. The average Bonchev–Trinajstić information content (AvgIpc) is 3.26. The molecule has 6 aliphatic rings. The summed E-state index contributed by atoms with van der Waals surface area (Å²) in [6.07, 6.45) is 1.74. The summed E-state index contributed by atoms with van der Waals surface area (Å²) in [7, 11) is 4.60. The van der Waals surface area contributed by atoms with Gasteiger partial charge < -0.3 is 19.3 Å². The number of carbonyl (C=O) groups is 1. The highest BCUT2D eigenvalue weighted by Gasteiger charge is 2.78. The molecule has 1 aromatic carbocycles. The maximum absolute atomic E-state index is 13.3. The van der Waals surface area contributed by atoms with Crippen LogP contribution in [0.15, 0.2) is 28.8 Å². The number of carbonyl (C=O) groups excluding carboxylic acids is 1.